The van der Waals surface area contributed by atoms with Crippen LogP contribution in [0.15, 0.2) is 0 Å². The lowest BCUT2D eigenvalue weighted by atomic mass is 9.70. The quantitative estimate of drug-likeness (QED) is 0.652. The molecule has 1 aliphatic carbocycles. The van der Waals surface area contributed by atoms with Gasteiger partial charge in [-0.2, -0.15) is 0 Å². The lowest BCUT2D eigenvalue weighted by molar-refractivity contribution is -0.116. The molecule has 0 aromatic carbocycles. The van der Waals surface area contributed by atoms with Gasteiger partial charge >= 0.3 is 0 Å². The molecule has 1 fully saturated rings. The molecule has 0 N–H and O–H groups in total. The second-order valence-corrected chi connectivity index (χ2v) is 5.09. The first-order valence-electron chi connectivity index (χ1n) is 5.51. The molecule has 1 saturated carbocycles. The molecule has 0 saturated heterocycles. The first-order chi connectivity index (χ1) is 6.51. The van der Waals surface area contributed by atoms with E-state index in [-0.39, 0.29) is 11.5 Å². The van der Waals surface area contributed by atoms with Crippen molar-refractivity contribution in [3.8, 4) is 0 Å². The van der Waals surface area contributed by atoms with Gasteiger partial charge in [0.1, 0.15) is 6.29 Å². The summed E-state index contributed by atoms with van der Waals surface area (Å²) in [5, 5.41) is 0. The molecule has 82 valence electrons. The molecule has 1 aliphatic rings. The van der Waals surface area contributed by atoms with Crippen LogP contribution in [0.3, 0.4) is 0 Å². The number of carbonyl (C=O) groups excluding carboxylic acids is 1. The number of carbonyl (C=O) groups is 1. The fraction of sp³-hybridized carbons (Fsp3) is 0.917. The Hall–Kier alpha value is -0.370. The Kier molecular flexibility index (Phi) is 3.71. The molecule has 1 rings (SSSR count). The molecule has 0 radical (unpaired) electrons. The average Bonchev–Trinajstić information content (AvgIpc) is 2.18. The summed E-state index contributed by atoms with van der Waals surface area (Å²) >= 11 is 0. The van der Waals surface area contributed by atoms with Gasteiger partial charge in [-0.15, -0.1) is 0 Å². The van der Waals surface area contributed by atoms with Gasteiger partial charge in [0.15, 0.2) is 0 Å². The summed E-state index contributed by atoms with van der Waals surface area (Å²) in [6.07, 6.45) is 4.46. The summed E-state index contributed by atoms with van der Waals surface area (Å²) in [4.78, 5) is 10.9. The van der Waals surface area contributed by atoms with Crippen LogP contribution in [0.1, 0.15) is 40.0 Å². The number of hydrogen-bond donors (Lipinski definition) is 0. The van der Waals surface area contributed by atoms with Gasteiger partial charge in [0.2, 0.25) is 0 Å². The van der Waals surface area contributed by atoms with Gasteiger partial charge < -0.3 is 9.53 Å². The van der Waals surface area contributed by atoms with Gasteiger partial charge in [-0.1, -0.05) is 6.92 Å². The molecule has 0 heterocycles. The molecular formula is C12H22O2. The van der Waals surface area contributed by atoms with Crippen molar-refractivity contribution in [3.05, 3.63) is 0 Å². The van der Waals surface area contributed by atoms with Crippen LogP contribution in [0.5, 0.6) is 0 Å². The fourth-order valence-electron chi connectivity index (χ4n) is 2.34. The van der Waals surface area contributed by atoms with E-state index in [0.29, 0.717) is 11.8 Å². The molecule has 0 spiro atoms. The predicted octanol–water partition coefficient (Wildman–Crippen LogP) is 2.66. The van der Waals surface area contributed by atoms with E-state index in [9.17, 15) is 4.79 Å². The predicted molar refractivity (Wildman–Crippen MR) is 57.1 cm³/mol. The summed E-state index contributed by atoms with van der Waals surface area (Å²) in [6, 6.07) is 0. The van der Waals surface area contributed by atoms with Crippen molar-refractivity contribution in [3.63, 3.8) is 0 Å². The third-order valence-electron chi connectivity index (χ3n) is 3.94. The average molecular weight is 198 g/mol. The van der Waals surface area contributed by atoms with Crippen molar-refractivity contribution in [2.75, 3.05) is 7.11 Å². The van der Waals surface area contributed by atoms with Gasteiger partial charge in [-0.25, -0.2) is 0 Å². The summed E-state index contributed by atoms with van der Waals surface area (Å²) in [5.74, 6) is 1.32. The third-order valence-corrected chi connectivity index (χ3v) is 3.94. The molecule has 2 heteroatoms. The van der Waals surface area contributed by atoms with Crippen LogP contribution >= 0.6 is 0 Å². The molecule has 2 nitrogen and oxygen atoms in total. The standard InChI is InChI=1S/C12H22O2/c1-9-5-6-11(7-10(9)8-13)12(2,3)14-4/h8-11H,5-7H2,1-4H3. The number of rotatable bonds is 3. The normalized spacial score (nSPS) is 34.1. The second-order valence-electron chi connectivity index (χ2n) is 5.09. The highest BCUT2D eigenvalue weighted by Gasteiger charge is 2.36. The zero-order valence-electron chi connectivity index (χ0n) is 9.75. The van der Waals surface area contributed by atoms with Crippen molar-refractivity contribution in [2.24, 2.45) is 17.8 Å². The molecule has 14 heavy (non-hydrogen) atoms. The van der Waals surface area contributed by atoms with Crippen molar-refractivity contribution in [2.45, 2.75) is 45.6 Å². The van der Waals surface area contributed by atoms with Crippen molar-refractivity contribution >= 4 is 6.29 Å². The topological polar surface area (TPSA) is 26.3 Å². The molecular weight excluding hydrogens is 176 g/mol. The van der Waals surface area contributed by atoms with E-state index in [1.54, 1.807) is 7.11 Å². The van der Waals surface area contributed by atoms with Crippen LogP contribution < -0.4 is 0 Å². The van der Waals surface area contributed by atoms with Crippen molar-refractivity contribution in [1.29, 1.82) is 0 Å². The molecule has 0 aromatic rings. The Morgan fingerprint density at radius 3 is 2.50 bits per heavy atom. The van der Waals surface area contributed by atoms with Gasteiger partial charge in [-0.05, 0) is 44.9 Å². The summed E-state index contributed by atoms with van der Waals surface area (Å²) in [7, 11) is 1.76. The smallest absolute Gasteiger partial charge is 0.123 e. The van der Waals surface area contributed by atoms with Crippen LogP contribution in [0, 0.1) is 17.8 Å². The lowest BCUT2D eigenvalue weighted by Gasteiger charge is -2.40. The van der Waals surface area contributed by atoms with Gasteiger partial charge in [0.25, 0.3) is 0 Å². The number of methoxy groups -OCH3 is 1. The van der Waals surface area contributed by atoms with Crippen LogP contribution in [-0.4, -0.2) is 19.0 Å². The Morgan fingerprint density at radius 2 is 2.00 bits per heavy atom. The first kappa shape index (κ1) is 11.7. The van der Waals surface area contributed by atoms with E-state index >= 15 is 0 Å². The van der Waals surface area contributed by atoms with Gasteiger partial charge in [0.05, 0.1) is 5.60 Å². The minimum Gasteiger partial charge on any atom is -0.379 e. The molecule has 0 aromatic heterocycles. The molecule has 0 bridgehead atoms. The maximum Gasteiger partial charge on any atom is 0.123 e. The Labute approximate surface area is 87.0 Å². The first-order valence-corrected chi connectivity index (χ1v) is 5.51. The van der Waals surface area contributed by atoms with Crippen molar-refractivity contribution in [1.82, 2.24) is 0 Å². The number of aldehydes is 1. The van der Waals surface area contributed by atoms with E-state index in [1.807, 2.05) is 0 Å². The number of hydrogen-bond acceptors (Lipinski definition) is 2. The van der Waals surface area contributed by atoms with E-state index in [2.05, 4.69) is 20.8 Å². The minimum absolute atomic E-state index is 0.0819. The molecule has 3 atom stereocenters. The van der Waals surface area contributed by atoms with Gasteiger partial charge in [-0.3, -0.25) is 0 Å². The summed E-state index contributed by atoms with van der Waals surface area (Å²) in [5.41, 5.74) is -0.0819. The minimum atomic E-state index is -0.0819. The van der Waals surface area contributed by atoms with Crippen molar-refractivity contribution < 1.29 is 9.53 Å². The zero-order valence-corrected chi connectivity index (χ0v) is 9.75. The maximum atomic E-state index is 10.9. The monoisotopic (exact) mass is 198 g/mol. The van der Waals surface area contributed by atoms with Gasteiger partial charge in [0, 0.05) is 13.0 Å². The van der Waals surface area contributed by atoms with Crippen LogP contribution in [0.25, 0.3) is 0 Å². The maximum absolute atomic E-state index is 10.9. The number of ether oxygens (including phenoxy) is 1. The molecule has 3 unspecified atom stereocenters. The second kappa shape index (κ2) is 4.43. The van der Waals surface area contributed by atoms with E-state index < -0.39 is 0 Å². The van der Waals surface area contributed by atoms with E-state index in [4.69, 9.17) is 4.74 Å². The van der Waals surface area contributed by atoms with Crippen LogP contribution in [-0.2, 0) is 9.53 Å². The summed E-state index contributed by atoms with van der Waals surface area (Å²) in [6.45, 7) is 6.42. The van der Waals surface area contributed by atoms with Crippen LogP contribution in [0.2, 0.25) is 0 Å². The largest absolute Gasteiger partial charge is 0.379 e. The molecule has 0 amide bonds. The highest BCUT2D eigenvalue weighted by Crippen LogP contribution is 2.39. The third kappa shape index (κ3) is 2.35. The zero-order chi connectivity index (χ0) is 10.8. The SMILES string of the molecule is COC(C)(C)C1CCC(C)C(C=O)C1. The van der Waals surface area contributed by atoms with Crippen LogP contribution in [0.4, 0.5) is 0 Å². The Bertz CT molecular complexity index is 198. The Balaban J connectivity index is 2.62. The lowest BCUT2D eigenvalue weighted by Crippen LogP contribution is -2.39. The highest BCUT2D eigenvalue weighted by atomic mass is 16.5. The van der Waals surface area contributed by atoms with E-state index in [1.165, 1.54) is 6.42 Å². The highest BCUT2D eigenvalue weighted by molar-refractivity contribution is 5.54. The summed E-state index contributed by atoms with van der Waals surface area (Å²) < 4.78 is 5.49. The Morgan fingerprint density at radius 1 is 1.36 bits per heavy atom. The fourth-order valence-corrected chi connectivity index (χ4v) is 2.34. The van der Waals surface area contributed by atoms with E-state index in [0.717, 1.165) is 19.1 Å². The molecule has 0 aliphatic heterocycles.